The van der Waals surface area contributed by atoms with E-state index in [1.807, 2.05) is 0 Å². The van der Waals surface area contributed by atoms with Crippen molar-refractivity contribution in [1.82, 2.24) is 10.6 Å². The van der Waals surface area contributed by atoms with Crippen LogP contribution >= 0.6 is 0 Å². The van der Waals surface area contributed by atoms with Crippen molar-refractivity contribution in [2.24, 2.45) is 0 Å². The number of nitrogens with one attached hydrogen (secondary N) is 2. The van der Waals surface area contributed by atoms with Gasteiger partial charge in [-0.1, -0.05) is 32.0 Å². The van der Waals surface area contributed by atoms with E-state index in [0.29, 0.717) is 18.7 Å². The quantitative estimate of drug-likeness (QED) is 0.723. The first kappa shape index (κ1) is 18.5. The fraction of sp³-hybridized carbons (Fsp3) is 0.562. The van der Waals surface area contributed by atoms with Crippen LogP contribution in [0.25, 0.3) is 0 Å². The lowest BCUT2D eigenvalue weighted by molar-refractivity contribution is -0.137. The Balaban J connectivity index is 2.47. The van der Waals surface area contributed by atoms with Crippen molar-refractivity contribution < 1.29 is 18.0 Å². The lowest BCUT2D eigenvalue weighted by Gasteiger charge is -2.14. The minimum Gasteiger partial charge on any atom is -0.355 e. The van der Waals surface area contributed by atoms with E-state index in [4.69, 9.17) is 0 Å². The van der Waals surface area contributed by atoms with E-state index in [9.17, 15) is 18.0 Å². The van der Waals surface area contributed by atoms with E-state index in [-0.39, 0.29) is 18.2 Å². The Hall–Kier alpha value is -1.56. The Morgan fingerprint density at radius 3 is 2.59 bits per heavy atom. The van der Waals surface area contributed by atoms with Crippen LogP contribution in [0.4, 0.5) is 13.2 Å². The van der Waals surface area contributed by atoms with Gasteiger partial charge in [0, 0.05) is 19.5 Å². The predicted octanol–water partition coefficient (Wildman–Crippen LogP) is 3.31. The third-order valence-corrected chi connectivity index (χ3v) is 3.33. The first-order valence-electron chi connectivity index (χ1n) is 7.49. The highest BCUT2D eigenvalue weighted by Crippen LogP contribution is 2.31. The number of halogens is 3. The van der Waals surface area contributed by atoms with E-state index in [1.165, 1.54) is 6.07 Å². The van der Waals surface area contributed by atoms with Crippen molar-refractivity contribution in [2.75, 3.05) is 19.6 Å². The Labute approximate surface area is 129 Å². The summed E-state index contributed by atoms with van der Waals surface area (Å²) in [5.74, 6) is -0.408. The van der Waals surface area contributed by atoms with Crippen LogP contribution in [0.5, 0.6) is 0 Å². The largest absolute Gasteiger partial charge is 0.416 e. The molecule has 3 nitrogen and oxygen atoms in total. The Kier molecular flexibility index (Phi) is 7.38. The number of hydrogen-bond acceptors (Lipinski definition) is 2. The molecule has 1 atom stereocenters. The molecule has 0 aliphatic carbocycles. The summed E-state index contributed by atoms with van der Waals surface area (Å²) in [5, 5.41) is 5.92. The molecule has 1 amide bonds. The van der Waals surface area contributed by atoms with Gasteiger partial charge in [0.15, 0.2) is 0 Å². The van der Waals surface area contributed by atoms with Gasteiger partial charge in [0.25, 0.3) is 0 Å². The molecule has 0 aliphatic rings. The maximum atomic E-state index is 12.7. The Morgan fingerprint density at radius 2 is 1.95 bits per heavy atom. The molecule has 22 heavy (non-hydrogen) atoms. The second-order valence-electron chi connectivity index (χ2n) is 5.33. The highest BCUT2D eigenvalue weighted by atomic mass is 19.4. The summed E-state index contributed by atoms with van der Waals surface area (Å²) in [7, 11) is 0. The van der Waals surface area contributed by atoms with Crippen LogP contribution in [-0.2, 0) is 11.0 Å². The van der Waals surface area contributed by atoms with E-state index in [1.54, 1.807) is 13.0 Å². The van der Waals surface area contributed by atoms with Crippen molar-refractivity contribution in [3.63, 3.8) is 0 Å². The van der Waals surface area contributed by atoms with Crippen LogP contribution in [-0.4, -0.2) is 25.5 Å². The molecule has 1 unspecified atom stereocenters. The van der Waals surface area contributed by atoms with Gasteiger partial charge in [-0.3, -0.25) is 4.79 Å². The molecule has 1 aromatic rings. The summed E-state index contributed by atoms with van der Waals surface area (Å²) in [6, 6.07) is 5.15. The first-order valence-corrected chi connectivity index (χ1v) is 7.49. The van der Waals surface area contributed by atoms with Crippen molar-refractivity contribution >= 4 is 5.91 Å². The third-order valence-electron chi connectivity index (χ3n) is 3.33. The molecule has 0 fully saturated rings. The molecular formula is C16H23F3N2O. The monoisotopic (exact) mass is 316 g/mol. The zero-order valence-corrected chi connectivity index (χ0v) is 13.0. The minimum absolute atomic E-state index is 0.150. The topological polar surface area (TPSA) is 41.1 Å². The molecule has 6 heteroatoms. The van der Waals surface area contributed by atoms with Gasteiger partial charge in [-0.05, 0) is 30.5 Å². The van der Waals surface area contributed by atoms with Gasteiger partial charge in [0.05, 0.1) is 5.56 Å². The number of rotatable bonds is 8. The van der Waals surface area contributed by atoms with Gasteiger partial charge in [-0.2, -0.15) is 13.2 Å². The summed E-state index contributed by atoms with van der Waals surface area (Å²) < 4.78 is 38.0. The van der Waals surface area contributed by atoms with Gasteiger partial charge >= 0.3 is 6.18 Å². The van der Waals surface area contributed by atoms with Crippen molar-refractivity contribution in [2.45, 2.75) is 38.8 Å². The summed E-state index contributed by atoms with van der Waals surface area (Å²) in [4.78, 5) is 11.8. The number of carbonyl (C=O) groups excluding carboxylic acids is 1. The lowest BCUT2D eigenvalue weighted by Crippen LogP contribution is -2.32. The molecule has 1 aromatic carbocycles. The fourth-order valence-electron chi connectivity index (χ4n) is 2.08. The standard InChI is InChI=1S/C16H23F3N2O/c1-3-7-20-8-9-21-15(22)10-12(2)13-5-4-6-14(11-13)16(17,18)19/h4-6,11-12,20H,3,7-10H2,1-2H3,(H,21,22). The molecule has 0 saturated heterocycles. The highest BCUT2D eigenvalue weighted by molar-refractivity contribution is 5.76. The SMILES string of the molecule is CCCNCCNC(=O)CC(C)c1cccc(C(F)(F)F)c1. The number of hydrogen-bond donors (Lipinski definition) is 2. The third kappa shape index (κ3) is 6.47. The van der Waals surface area contributed by atoms with Gasteiger partial charge in [-0.25, -0.2) is 0 Å². The molecule has 124 valence electrons. The van der Waals surface area contributed by atoms with Crippen molar-refractivity contribution in [3.05, 3.63) is 35.4 Å². The second kappa shape index (κ2) is 8.78. The zero-order valence-electron chi connectivity index (χ0n) is 13.0. The average molecular weight is 316 g/mol. The van der Waals surface area contributed by atoms with E-state index in [2.05, 4.69) is 17.6 Å². The fourth-order valence-corrected chi connectivity index (χ4v) is 2.08. The summed E-state index contributed by atoms with van der Waals surface area (Å²) in [5.41, 5.74) is -0.157. The smallest absolute Gasteiger partial charge is 0.355 e. The van der Waals surface area contributed by atoms with E-state index >= 15 is 0 Å². The van der Waals surface area contributed by atoms with Crippen LogP contribution in [0.15, 0.2) is 24.3 Å². The molecule has 0 aromatic heterocycles. The number of carbonyl (C=O) groups is 1. The molecule has 0 saturated carbocycles. The molecule has 0 radical (unpaired) electrons. The van der Waals surface area contributed by atoms with Crippen LogP contribution in [0, 0.1) is 0 Å². The first-order chi connectivity index (χ1) is 10.3. The number of alkyl halides is 3. The summed E-state index contributed by atoms with van der Waals surface area (Å²) >= 11 is 0. The molecular weight excluding hydrogens is 293 g/mol. The molecule has 0 aliphatic heterocycles. The van der Waals surface area contributed by atoms with Crippen molar-refractivity contribution in [3.8, 4) is 0 Å². The summed E-state index contributed by atoms with van der Waals surface area (Å²) in [6.07, 6.45) is -3.15. The minimum atomic E-state index is -4.36. The predicted molar refractivity (Wildman–Crippen MR) is 80.6 cm³/mol. The maximum Gasteiger partial charge on any atom is 0.416 e. The van der Waals surface area contributed by atoms with E-state index in [0.717, 1.165) is 25.1 Å². The molecule has 0 spiro atoms. The van der Waals surface area contributed by atoms with Gasteiger partial charge in [-0.15, -0.1) is 0 Å². The van der Waals surface area contributed by atoms with Crippen molar-refractivity contribution in [1.29, 1.82) is 0 Å². The van der Waals surface area contributed by atoms with Gasteiger partial charge in [0.1, 0.15) is 0 Å². The Bertz CT molecular complexity index is 475. The van der Waals surface area contributed by atoms with Gasteiger partial charge in [0.2, 0.25) is 5.91 Å². The lowest BCUT2D eigenvalue weighted by atomic mass is 9.95. The maximum absolute atomic E-state index is 12.7. The van der Waals surface area contributed by atoms with Crippen LogP contribution < -0.4 is 10.6 Å². The summed E-state index contributed by atoms with van der Waals surface area (Å²) in [6.45, 7) is 5.93. The average Bonchev–Trinajstić information content (AvgIpc) is 2.46. The molecule has 2 N–H and O–H groups in total. The van der Waals surface area contributed by atoms with Crippen LogP contribution in [0.2, 0.25) is 0 Å². The molecule has 0 heterocycles. The number of benzene rings is 1. The Morgan fingerprint density at radius 1 is 1.23 bits per heavy atom. The zero-order chi connectivity index (χ0) is 16.6. The molecule has 1 rings (SSSR count). The highest BCUT2D eigenvalue weighted by Gasteiger charge is 2.30. The normalized spacial score (nSPS) is 13.0. The second-order valence-corrected chi connectivity index (χ2v) is 5.33. The number of amides is 1. The van der Waals surface area contributed by atoms with E-state index < -0.39 is 11.7 Å². The van der Waals surface area contributed by atoms with Crippen LogP contribution in [0.3, 0.4) is 0 Å². The molecule has 0 bridgehead atoms. The van der Waals surface area contributed by atoms with Crippen LogP contribution in [0.1, 0.15) is 43.7 Å². The van der Waals surface area contributed by atoms with Gasteiger partial charge < -0.3 is 10.6 Å².